The van der Waals surface area contributed by atoms with E-state index in [1.165, 1.54) is 18.3 Å². The number of aromatic nitrogens is 1. The van der Waals surface area contributed by atoms with Crippen LogP contribution in [-0.2, 0) is 0 Å². The fraction of sp³-hybridized carbons (Fsp3) is 0.294. The lowest BCUT2D eigenvalue weighted by Gasteiger charge is -2.11. The molecule has 1 aromatic heterocycles. The average molecular weight is 334 g/mol. The Bertz CT molecular complexity index is 707. The van der Waals surface area contributed by atoms with Crippen LogP contribution in [0.15, 0.2) is 36.5 Å². The highest BCUT2D eigenvalue weighted by Gasteiger charge is 2.11. The van der Waals surface area contributed by atoms with Crippen LogP contribution in [0.25, 0.3) is 0 Å². The molecule has 7 heteroatoms. The number of anilines is 2. The monoisotopic (exact) mass is 334 g/mol. The van der Waals surface area contributed by atoms with E-state index in [-0.39, 0.29) is 5.69 Å². The molecule has 1 aromatic carbocycles. The molecule has 0 saturated carbocycles. The predicted molar refractivity (Wildman–Crippen MR) is 90.2 cm³/mol. The average Bonchev–Trinajstić information content (AvgIpc) is 2.54. The van der Waals surface area contributed by atoms with Crippen LogP contribution in [-0.4, -0.2) is 43.0 Å². The van der Waals surface area contributed by atoms with Gasteiger partial charge in [-0.1, -0.05) is 0 Å². The second kappa shape index (κ2) is 8.35. The number of hydrogen-bond donors (Lipinski definition) is 2. The van der Waals surface area contributed by atoms with Crippen LogP contribution < -0.4 is 10.6 Å². The molecule has 0 spiro atoms. The van der Waals surface area contributed by atoms with Gasteiger partial charge in [0.15, 0.2) is 0 Å². The Morgan fingerprint density at radius 1 is 1.21 bits per heavy atom. The maximum atomic E-state index is 13.6. The Hall–Kier alpha value is -2.54. The first-order valence-electron chi connectivity index (χ1n) is 7.57. The van der Waals surface area contributed by atoms with E-state index in [0.717, 1.165) is 31.6 Å². The molecule has 2 N–H and O–H groups in total. The highest BCUT2D eigenvalue weighted by atomic mass is 19.1. The van der Waals surface area contributed by atoms with Crippen molar-refractivity contribution in [3.8, 4) is 0 Å². The van der Waals surface area contributed by atoms with Crippen LogP contribution >= 0.6 is 0 Å². The number of amides is 1. The third-order valence-electron chi connectivity index (χ3n) is 3.29. The first-order valence-corrected chi connectivity index (χ1v) is 7.57. The minimum absolute atomic E-state index is 0.0706. The van der Waals surface area contributed by atoms with Gasteiger partial charge in [-0.25, -0.2) is 13.8 Å². The normalized spacial score (nSPS) is 10.7. The number of rotatable bonds is 7. The van der Waals surface area contributed by atoms with Crippen LogP contribution in [0.4, 0.5) is 20.3 Å². The van der Waals surface area contributed by atoms with E-state index in [1.807, 2.05) is 14.1 Å². The molecule has 0 aliphatic rings. The largest absolute Gasteiger partial charge is 0.370 e. The molecular formula is C17H20F2N4O. The van der Waals surface area contributed by atoms with Gasteiger partial charge >= 0.3 is 0 Å². The van der Waals surface area contributed by atoms with Crippen molar-refractivity contribution in [3.05, 3.63) is 53.7 Å². The van der Waals surface area contributed by atoms with Crippen molar-refractivity contribution in [2.24, 2.45) is 0 Å². The fourth-order valence-corrected chi connectivity index (χ4v) is 2.07. The molecule has 0 bridgehead atoms. The third-order valence-corrected chi connectivity index (χ3v) is 3.29. The van der Waals surface area contributed by atoms with Crippen molar-refractivity contribution in [1.82, 2.24) is 9.88 Å². The molecule has 2 aromatic rings. The van der Waals surface area contributed by atoms with Gasteiger partial charge in [-0.15, -0.1) is 0 Å². The molecule has 5 nitrogen and oxygen atoms in total. The minimum Gasteiger partial charge on any atom is -0.370 e. The molecule has 0 saturated heterocycles. The number of carbonyl (C=O) groups is 1. The van der Waals surface area contributed by atoms with Gasteiger partial charge < -0.3 is 15.5 Å². The standard InChI is InChI=1S/C17H20F2N4O/c1-23(2)9-3-7-20-16-10-12(6-8-21-16)17(24)22-15-5-4-13(18)11-14(15)19/h4-6,8,10-11H,3,7,9H2,1-2H3,(H,20,21)(H,22,24). The number of halogens is 2. The SMILES string of the molecule is CN(C)CCCNc1cc(C(=O)Nc2ccc(F)cc2F)ccn1. The summed E-state index contributed by atoms with van der Waals surface area (Å²) in [5.74, 6) is -1.43. The number of pyridine rings is 1. The van der Waals surface area contributed by atoms with Crippen molar-refractivity contribution in [2.75, 3.05) is 37.8 Å². The van der Waals surface area contributed by atoms with Gasteiger partial charge in [0.25, 0.3) is 5.91 Å². The molecule has 0 aliphatic carbocycles. The fourth-order valence-electron chi connectivity index (χ4n) is 2.07. The number of nitrogens with one attached hydrogen (secondary N) is 2. The Kier molecular flexibility index (Phi) is 6.20. The quantitative estimate of drug-likeness (QED) is 0.765. The highest BCUT2D eigenvalue weighted by molar-refractivity contribution is 6.04. The van der Waals surface area contributed by atoms with Crippen LogP contribution in [0.1, 0.15) is 16.8 Å². The van der Waals surface area contributed by atoms with Crippen molar-refractivity contribution in [1.29, 1.82) is 0 Å². The lowest BCUT2D eigenvalue weighted by Crippen LogP contribution is -2.17. The molecule has 0 aliphatic heterocycles. The number of carbonyl (C=O) groups excluding carboxylic acids is 1. The summed E-state index contributed by atoms with van der Waals surface area (Å²) in [4.78, 5) is 18.4. The van der Waals surface area contributed by atoms with Crippen molar-refractivity contribution < 1.29 is 13.6 Å². The molecule has 128 valence electrons. The van der Waals surface area contributed by atoms with Crippen LogP contribution in [0, 0.1) is 11.6 Å². The van der Waals surface area contributed by atoms with E-state index in [0.29, 0.717) is 11.4 Å². The molecular weight excluding hydrogens is 314 g/mol. The second-order valence-corrected chi connectivity index (χ2v) is 5.59. The van der Waals surface area contributed by atoms with Crippen molar-refractivity contribution in [2.45, 2.75) is 6.42 Å². The summed E-state index contributed by atoms with van der Waals surface area (Å²) in [7, 11) is 4.00. The van der Waals surface area contributed by atoms with Crippen molar-refractivity contribution in [3.63, 3.8) is 0 Å². The molecule has 24 heavy (non-hydrogen) atoms. The topological polar surface area (TPSA) is 57.3 Å². The van der Waals surface area contributed by atoms with Crippen LogP contribution in [0.5, 0.6) is 0 Å². The molecule has 0 radical (unpaired) electrons. The van der Waals surface area contributed by atoms with E-state index in [9.17, 15) is 13.6 Å². The lowest BCUT2D eigenvalue weighted by atomic mass is 10.2. The van der Waals surface area contributed by atoms with Gasteiger partial charge in [-0.3, -0.25) is 4.79 Å². The van der Waals surface area contributed by atoms with E-state index in [2.05, 4.69) is 20.5 Å². The van der Waals surface area contributed by atoms with E-state index in [1.54, 1.807) is 6.07 Å². The summed E-state index contributed by atoms with van der Waals surface area (Å²) in [5.41, 5.74) is 0.266. The predicted octanol–water partition coefficient (Wildman–Crippen LogP) is 2.98. The molecule has 0 atom stereocenters. The van der Waals surface area contributed by atoms with Gasteiger partial charge in [0.1, 0.15) is 17.5 Å². The summed E-state index contributed by atoms with van der Waals surface area (Å²) < 4.78 is 26.5. The molecule has 0 fully saturated rings. The summed E-state index contributed by atoms with van der Waals surface area (Å²) in [6.07, 6.45) is 2.44. The first-order chi connectivity index (χ1) is 11.5. The number of nitrogens with zero attached hydrogens (tertiary/aromatic N) is 2. The Balaban J connectivity index is 1.98. The summed E-state index contributed by atoms with van der Waals surface area (Å²) in [6, 6.07) is 6.11. The smallest absolute Gasteiger partial charge is 0.255 e. The second-order valence-electron chi connectivity index (χ2n) is 5.59. The first kappa shape index (κ1) is 17.8. The number of benzene rings is 1. The molecule has 0 unspecified atom stereocenters. The van der Waals surface area contributed by atoms with E-state index >= 15 is 0 Å². The molecule has 2 rings (SSSR count). The summed E-state index contributed by atoms with van der Waals surface area (Å²) >= 11 is 0. The zero-order valence-corrected chi connectivity index (χ0v) is 13.6. The van der Waals surface area contributed by atoms with E-state index < -0.39 is 17.5 Å². The summed E-state index contributed by atoms with van der Waals surface area (Å²) in [6.45, 7) is 1.67. The highest BCUT2D eigenvalue weighted by Crippen LogP contribution is 2.16. The maximum Gasteiger partial charge on any atom is 0.255 e. The van der Waals surface area contributed by atoms with Gasteiger partial charge in [0, 0.05) is 24.4 Å². The Morgan fingerprint density at radius 2 is 2.00 bits per heavy atom. The van der Waals surface area contributed by atoms with Crippen molar-refractivity contribution >= 4 is 17.4 Å². The lowest BCUT2D eigenvalue weighted by molar-refractivity contribution is 0.102. The zero-order valence-electron chi connectivity index (χ0n) is 13.6. The maximum absolute atomic E-state index is 13.6. The number of hydrogen-bond acceptors (Lipinski definition) is 4. The summed E-state index contributed by atoms with van der Waals surface area (Å²) in [5, 5.41) is 5.56. The molecule has 1 heterocycles. The Labute approximate surface area is 139 Å². The van der Waals surface area contributed by atoms with Gasteiger partial charge in [0.2, 0.25) is 0 Å². The Morgan fingerprint density at radius 3 is 2.71 bits per heavy atom. The van der Waals surface area contributed by atoms with Gasteiger partial charge in [0.05, 0.1) is 5.69 Å². The van der Waals surface area contributed by atoms with E-state index in [4.69, 9.17) is 0 Å². The van der Waals surface area contributed by atoms with Gasteiger partial charge in [-0.05, 0) is 51.3 Å². The van der Waals surface area contributed by atoms with Crippen LogP contribution in [0.2, 0.25) is 0 Å². The zero-order chi connectivity index (χ0) is 17.5. The third kappa shape index (κ3) is 5.27. The minimum atomic E-state index is -0.820. The van der Waals surface area contributed by atoms with Gasteiger partial charge in [-0.2, -0.15) is 0 Å². The molecule has 1 amide bonds. The van der Waals surface area contributed by atoms with Crippen LogP contribution in [0.3, 0.4) is 0 Å².